The van der Waals surface area contributed by atoms with E-state index < -0.39 is 15.8 Å². The van der Waals surface area contributed by atoms with Crippen molar-refractivity contribution in [1.82, 2.24) is 9.97 Å². The Kier molecular flexibility index (Phi) is 5.54. The number of nitrogens with one attached hydrogen (secondary N) is 3. The number of rotatable bonds is 7. The lowest BCUT2D eigenvalue weighted by molar-refractivity contribution is 0.607. The molecular weight excluding hydrogens is 423 g/mol. The van der Waals surface area contributed by atoms with Gasteiger partial charge >= 0.3 is 0 Å². The molecule has 0 amide bonds. The highest BCUT2D eigenvalue weighted by molar-refractivity contribution is 7.92. The van der Waals surface area contributed by atoms with E-state index >= 15 is 0 Å². The summed E-state index contributed by atoms with van der Waals surface area (Å²) in [5.41, 5.74) is 2.85. The maximum atomic E-state index is 14.3. The van der Waals surface area contributed by atoms with Crippen LogP contribution in [0.5, 0.6) is 0 Å². The van der Waals surface area contributed by atoms with Gasteiger partial charge in [0.2, 0.25) is 16.0 Å². The van der Waals surface area contributed by atoms with Gasteiger partial charge in [0.25, 0.3) is 0 Å². The molecule has 1 aliphatic rings. The fourth-order valence-corrected chi connectivity index (χ4v) is 3.37. The van der Waals surface area contributed by atoms with Gasteiger partial charge in [0.05, 0.1) is 29.5 Å². The Labute approximate surface area is 177 Å². The molecule has 0 bridgehead atoms. The molecule has 3 N–H and O–H groups in total. The first-order valence-electron chi connectivity index (χ1n) is 9.04. The molecule has 1 aromatic heterocycles. The van der Waals surface area contributed by atoms with Gasteiger partial charge < -0.3 is 10.6 Å². The Morgan fingerprint density at radius 1 is 1.03 bits per heavy atom. The highest BCUT2D eigenvalue weighted by atomic mass is 32.2. The van der Waals surface area contributed by atoms with E-state index in [0.29, 0.717) is 17.9 Å². The van der Waals surface area contributed by atoms with Crippen LogP contribution in [0.15, 0.2) is 70.2 Å². The van der Waals surface area contributed by atoms with Crippen molar-refractivity contribution in [2.75, 3.05) is 28.2 Å². The van der Waals surface area contributed by atoms with Crippen LogP contribution in [0, 0.1) is 5.82 Å². The molecule has 2 aromatic carbocycles. The van der Waals surface area contributed by atoms with Gasteiger partial charge in [-0.1, -0.05) is 24.3 Å². The minimum absolute atomic E-state index is 0.117. The smallest absolute Gasteiger partial charge is 0.229 e. The number of hydrogen-bond donors (Lipinski definition) is 3. The molecule has 0 spiro atoms. The van der Waals surface area contributed by atoms with E-state index in [2.05, 4.69) is 40.8 Å². The molecule has 12 heteroatoms. The third-order valence-electron chi connectivity index (χ3n) is 4.12. The fourth-order valence-electron chi connectivity index (χ4n) is 2.79. The highest BCUT2D eigenvalue weighted by Gasteiger charge is 2.13. The van der Waals surface area contributed by atoms with Gasteiger partial charge in [-0.3, -0.25) is 4.72 Å². The average molecular weight is 440 g/mol. The van der Waals surface area contributed by atoms with E-state index in [4.69, 9.17) is 0 Å². The van der Waals surface area contributed by atoms with Crippen molar-refractivity contribution < 1.29 is 12.8 Å². The molecule has 0 fully saturated rings. The Bertz CT molecular complexity index is 1290. The highest BCUT2D eigenvalue weighted by Crippen LogP contribution is 2.27. The number of halogens is 1. The third kappa shape index (κ3) is 5.17. The SMILES string of the molecule is CS(=O)(=O)Nc1ccccc1Nc1nc(Nc2cccc(C3=NN=NC3)c2)ncc1F. The van der Waals surface area contributed by atoms with Gasteiger partial charge in [0.15, 0.2) is 11.6 Å². The first-order valence-corrected chi connectivity index (χ1v) is 10.9. The normalized spacial score (nSPS) is 13.0. The molecule has 3 aromatic rings. The van der Waals surface area contributed by atoms with E-state index in [9.17, 15) is 12.8 Å². The van der Waals surface area contributed by atoms with Crippen molar-refractivity contribution >= 4 is 44.6 Å². The number of sulfonamides is 1. The lowest BCUT2D eigenvalue weighted by Gasteiger charge is -2.13. The van der Waals surface area contributed by atoms with Crippen molar-refractivity contribution in [3.05, 3.63) is 66.1 Å². The van der Waals surface area contributed by atoms with E-state index in [1.165, 1.54) is 0 Å². The zero-order valence-electron chi connectivity index (χ0n) is 16.2. The summed E-state index contributed by atoms with van der Waals surface area (Å²) in [7, 11) is -3.51. The number of nitrogens with zero attached hydrogens (tertiary/aromatic N) is 5. The lowest BCUT2D eigenvalue weighted by Crippen LogP contribution is -2.11. The van der Waals surface area contributed by atoms with E-state index in [0.717, 1.165) is 23.7 Å². The molecule has 4 rings (SSSR count). The van der Waals surface area contributed by atoms with E-state index in [-0.39, 0.29) is 17.5 Å². The summed E-state index contributed by atoms with van der Waals surface area (Å²) in [5.74, 6) is -0.663. The van der Waals surface area contributed by atoms with Crippen LogP contribution in [0.3, 0.4) is 0 Å². The number of anilines is 5. The van der Waals surface area contributed by atoms with Crippen molar-refractivity contribution in [3.63, 3.8) is 0 Å². The zero-order valence-corrected chi connectivity index (χ0v) is 17.1. The van der Waals surface area contributed by atoms with Crippen LogP contribution >= 0.6 is 0 Å². The predicted octanol–water partition coefficient (Wildman–Crippen LogP) is 3.64. The minimum atomic E-state index is -3.51. The Morgan fingerprint density at radius 2 is 1.84 bits per heavy atom. The van der Waals surface area contributed by atoms with Gasteiger partial charge in [-0.15, -0.1) is 5.10 Å². The standard InChI is InChI=1S/C19H17FN8O2S/c1-31(29,30)27-16-8-3-2-7-15(16)24-18-14(20)10-21-19(25-18)23-13-6-4-5-12(9-13)17-11-22-28-26-17/h2-10,27H,11H2,1H3,(H2,21,23,24,25). The summed E-state index contributed by atoms with van der Waals surface area (Å²) < 4.78 is 39.9. The summed E-state index contributed by atoms with van der Waals surface area (Å²) in [5, 5.41) is 17.2. The Balaban J connectivity index is 1.57. The average Bonchev–Trinajstić information content (AvgIpc) is 3.26. The molecule has 158 valence electrons. The zero-order chi connectivity index (χ0) is 21.8. The monoisotopic (exact) mass is 440 g/mol. The summed E-state index contributed by atoms with van der Waals surface area (Å²) in [6.45, 7) is 0.408. The fraction of sp³-hybridized carbons (Fsp3) is 0.105. The number of para-hydroxylation sites is 2. The third-order valence-corrected chi connectivity index (χ3v) is 4.71. The second-order valence-electron chi connectivity index (χ2n) is 6.58. The molecule has 0 saturated heterocycles. The molecule has 0 atom stereocenters. The van der Waals surface area contributed by atoms with E-state index in [1.807, 2.05) is 18.2 Å². The van der Waals surface area contributed by atoms with Crippen LogP contribution in [0.4, 0.5) is 33.2 Å². The molecule has 10 nitrogen and oxygen atoms in total. The van der Waals surface area contributed by atoms with Crippen LogP contribution < -0.4 is 15.4 Å². The molecule has 0 aliphatic carbocycles. The summed E-state index contributed by atoms with van der Waals surface area (Å²) >= 11 is 0. The van der Waals surface area contributed by atoms with Crippen LogP contribution in [0.1, 0.15) is 5.56 Å². The van der Waals surface area contributed by atoms with Crippen LogP contribution in [-0.2, 0) is 10.0 Å². The van der Waals surface area contributed by atoms with Gasteiger partial charge in [-0.25, -0.2) is 17.8 Å². The van der Waals surface area contributed by atoms with Crippen molar-refractivity contribution in [1.29, 1.82) is 0 Å². The van der Waals surface area contributed by atoms with Gasteiger partial charge in [-0.05, 0) is 29.5 Å². The van der Waals surface area contributed by atoms with E-state index in [1.54, 1.807) is 30.3 Å². The van der Waals surface area contributed by atoms with Gasteiger partial charge in [0, 0.05) is 11.3 Å². The lowest BCUT2D eigenvalue weighted by atomic mass is 10.1. The molecule has 31 heavy (non-hydrogen) atoms. The number of hydrogen-bond acceptors (Lipinski definition) is 9. The minimum Gasteiger partial charge on any atom is -0.336 e. The van der Waals surface area contributed by atoms with Gasteiger partial charge in [-0.2, -0.15) is 10.1 Å². The van der Waals surface area contributed by atoms with Crippen LogP contribution in [-0.4, -0.2) is 36.9 Å². The second kappa shape index (κ2) is 8.44. The largest absolute Gasteiger partial charge is 0.336 e. The second-order valence-corrected chi connectivity index (χ2v) is 8.32. The topological polar surface area (TPSA) is 133 Å². The summed E-state index contributed by atoms with van der Waals surface area (Å²) in [4.78, 5) is 8.14. The van der Waals surface area contributed by atoms with Crippen LogP contribution in [0.25, 0.3) is 0 Å². The van der Waals surface area contributed by atoms with Crippen molar-refractivity contribution in [2.24, 2.45) is 15.4 Å². The molecule has 2 heterocycles. The predicted molar refractivity (Wildman–Crippen MR) is 116 cm³/mol. The summed E-state index contributed by atoms with van der Waals surface area (Å²) in [6.07, 6.45) is 2.05. The Hall–Kier alpha value is -3.93. The van der Waals surface area contributed by atoms with Gasteiger partial charge in [0.1, 0.15) is 6.54 Å². The molecule has 0 unspecified atom stereocenters. The maximum absolute atomic E-state index is 14.3. The van der Waals surface area contributed by atoms with Crippen LogP contribution in [0.2, 0.25) is 0 Å². The first kappa shape index (κ1) is 20.3. The number of aromatic nitrogens is 2. The quantitative estimate of drug-likeness (QED) is 0.514. The molecule has 0 radical (unpaired) electrons. The molecular formula is C19H17FN8O2S. The molecule has 1 aliphatic heterocycles. The van der Waals surface area contributed by atoms with Crippen molar-refractivity contribution in [3.8, 4) is 0 Å². The van der Waals surface area contributed by atoms with Crippen molar-refractivity contribution in [2.45, 2.75) is 0 Å². The Morgan fingerprint density at radius 3 is 2.58 bits per heavy atom. The number of benzene rings is 2. The summed E-state index contributed by atoms with van der Waals surface area (Å²) in [6, 6.07) is 13.8. The first-order chi connectivity index (χ1) is 14.9. The maximum Gasteiger partial charge on any atom is 0.229 e. The molecule has 0 saturated carbocycles.